The van der Waals surface area contributed by atoms with Crippen molar-refractivity contribution >= 4 is 0 Å². The molecule has 0 aliphatic carbocycles. The molecule has 0 aliphatic heterocycles. The lowest BCUT2D eigenvalue weighted by Gasteiger charge is -2.27. The molecule has 1 rings (SSSR count). The molecule has 0 fully saturated rings. The number of rotatable bonds is 8. The molecule has 0 saturated carbocycles. The summed E-state index contributed by atoms with van der Waals surface area (Å²) in [4.78, 5) is 2.18. The highest BCUT2D eigenvalue weighted by Gasteiger charge is 2.25. The first kappa shape index (κ1) is 15.9. The van der Waals surface area contributed by atoms with Crippen LogP contribution in [0.5, 0.6) is 5.88 Å². The van der Waals surface area contributed by atoms with E-state index in [1.165, 1.54) is 0 Å². The molecular formula is C13H26N4O2. The number of methoxy groups -OCH3 is 1. The minimum Gasteiger partial charge on any atom is -0.481 e. The fraction of sp³-hybridized carbons (Fsp3) is 0.769. The molecule has 1 unspecified atom stereocenters. The number of nitrogens with zero attached hydrogens (tertiary/aromatic N) is 3. The van der Waals surface area contributed by atoms with Gasteiger partial charge in [-0.05, 0) is 20.9 Å². The lowest BCUT2D eigenvalue weighted by molar-refractivity contribution is 0.108. The van der Waals surface area contributed by atoms with Crippen molar-refractivity contribution in [2.24, 2.45) is 12.8 Å². The van der Waals surface area contributed by atoms with Crippen LogP contribution < -0.4 is 10.5 Å². The predicted octanol–water partition coefficient (Wildman–Crippen LogP) is 0.705. The molecule has 1 atom stereocenters. The van der Waals surface area contributed by atoms with Crippen molar-refractivity contribution in [2.75, 3.05) is 40.5 Å². The van der Waals surface area contributed by atoms with Crippen LogP contribution in [0.25, 0.3) is 0 Å². The summed E-state index contributed by atoms with van der Waals surface area (Å²) in [5.74, 6) is 0.774. The van der Waals surface area contributed by atoms with Crippen LogP contribution >= 0.6 is 0 Å². The highest BCUT2D eigenvalue weighted by atomic mass is 16.5. The summed E-state index contributed by atoms with van der Waals surface area (Å²) in [7, 11) is 5.58. The van der Waals surface area contributed by atoms with E-state index in [-0.39, 0.29) is 6.04 Å². The molecule has 6 heteroatoms. The van der Waals surface area contributed by atoms with Crippen LogP contribution in [0.2, 0.25) is 0 Å². The first-order valence-electron chi connectivity index (χ1n) is 6.62. The summed E-state index contributed by atoms with van der Waals surface area (Å²) in [5, 5.41) is 4.41. The Kier molecular flexibility index (Phi) is 6.27. The third-order valence-corrected chi connectivity index (χ3v) is 3.29. The predicted molar refractivity (Wildman–Crippen MR) is 75.4 cm³/mol. The van der Waals surface area contributed by atoms with Crippen molar-refractivity contribution in [1.82, 2.24) is 14.7 Å². The summed E-state index contributed by atoms with van der Waals surface area (Å²) >= 11 is 0. The smallest absolute Gasteiger partial charge is 0.216 e. The summed E-state index contributed by atoms with van der Waals surface area (Å²) in [6.45, 7) is 6.76. The summed E-state index contributed by atoms with van der Waals surface area (Å²) in [6, 6.07) is 0.0871. The lowest BCUT2D eigenvalue weighted by Crippen LogP contribution is -2.33. The number of hydrogen-bond acceptors (Lipinski definition) is 5. The Bertz CT molecular complexity index is 392. The van der Waals surface area contributed by atoms with Crippen LogP contribution in [-0.2, 0) is 11.8 Å². The van der Waals surface area contributed by atoms with Gasteiger partial charge >= 0.3 is 0 Å². The second-order valence-electron chi connectivity index (χ2n) is 4.56. The van der Waals surface area contributed by atoms with Gasteiger partial charge in [-0.1, -0.05) is 0 Å². The summed E-state index contributed by atoms with van der Waals surface area (Å²) in [6.07, 6.45) is 0. The molecule has 110 valence electrons. The molecular weight excluding hydrogens is 244 g/mol. The van der Waals surface area contributed by atoms with E-state index in [1.807, 2.05) is 27.9 Å². The third kappa shape index (κ3) is 3.68. The van der Waals surface area contributed by atoms with Gasteiger partial charge in [-0.3, -0.25) is 4.90 Å². The van der Waals surface area contributed by atoms with Crippen LogP contribution in [0.1, 0.15) is 24.2 Å². The minimum absolute atomic E-state index is 0.0871. The van der Waals surface area contributed by atoms with Gasteiger partial charge in [0.2, 0.25) is 5.88 Å². The van der Waals surface area contributed by atoms with E-state index in [1.54, 1.807) is 11.8 Å². The maximum atomic E-state index is 5.94. The van der Waals surface area contributed by atoms with Crippen LogP contribution in [0.4, 0.5) is 0 Å². The van der Waals surface area contributed by atoms with Gasteiger partial charge in [0, 0.05) is 26.7 Å². The Balaban J connectivity index is 2.90. The van der Waals surface area contributed by atoms with E-state index in [4.69, 9.17) is 15.2 Å². The molecule has 0 aliphatic rings. The normalized spacial score (nSPS) is 13.0. The molecule has 0 radical (unpaired) electrons. The first-order valence-corrected chi connectivity index (χ1v) is 6.62. The SMILES string of the molecule is CCOCCN(C)C(CN)c1c(C)nn(C)c1OC. The largest absolute Gasteiger partial charge is 0.481 e. The highest BCUT2D eigenvalue weighted by Crippen LogP contribution is 2.30. The Morgan fingerprint density at radius 3 is 2.68 bits per heavy atom. The number of likely N-dealkylation sites (N-methyl/N-ethyl adjacent to an activating group) is 1. The van der Waals surface area contributed by atoms with Gasteiger partial charge in [-0.15, -0.1) is 0 Å². The van der Waals surface area contributed by atoms with Gasteiger partial charge < -0.3 is 15.2 Å². The molecule has 2 N–H and O–H groups in total. The molecule has 1 aromatic heterocycles. The zero-order valence-electron chi connectivity index (χ0n) is 12.6. The fourth-order valence-electron chi connectivity index (χ4n) is 2.31. The average molecular weight is 270 g/mol. The maximum absolute atomic E-state index is 5.94. The van der Waals surface area contributed by atoms with E-state index in [2.05, 4.69) is 10.00 Å². The number of aryl methyl sites for hydroxylation is 2. The van der Waals surface area contributed by atoms with Crippen molar-refractivity contribution in [1.29, 1.82) is 0 Å². The van der Waals surface area contributed by atoms with E-state index >= 15 is 0 Å². The Morgan fingerprint density at radius 1 is 1.47 bits per heavy atom. The number of hydrogen-bond donors (Lipinski definition) is 1. The Hall–Kier alpha value is -1.11. The van der Waals surface area contributed by atoms with Gasteiger partial charge in [0.25, 0.3) is 0 Å². The summed E-state index contributed by atoms with van der Waals surface area (Å²) in [5.41, 5.74) is 7.95. The van der Waals surface area contributed by atoms with E-state index in [0.717, 1.165) is 30.3 Å². The number of aromatic nitrogens is 2. The van der Waals surface area contributed by atoms with Gasteiger partial charge in [0.05, 0.1) is 31.0 Å². The van der Waals surface area contributed by atoms with Crippen molar-refractivity contribution < 1.29 is 9.47 Å². The highest BCUT2D eigenvalue weighted by molar-refractivity contribution is 5.34. The van der Waals surface area contributed by atoms with E-state index in [0.29, 0.717) is 13.2 Å². The van der Waals surface area contributed by atoms with E-state index < -0.39 is 0 Å². The average Bonchev–Trinajstić information content (AvgIpc) is 2.65. The lowest BCUT2D eigenvalue weighted by atomic mass is 10.1. The second kappa shape index (κ2) is 7.47. The van der Waals surface area contributed by atoms with Crippen molar-refractivity contribution in [3.05, 3.63) is 11.3 Å². The van der Waals surface area contributed by atoms with Gasteiger partial charge in [0.15, 0.2) is 0 Å². The molecule has 0 spiro atoms. The zero-order valence-corrected chi connectivity index (χ0v) is 12.6. The van der Waals surface area contributed by atoms with Crippen LogP contribution in [0, 0.1) is 6.92 Å². The van der Waals surface area contributed by atoms with Crippen LogP contribution in [0.15, 0.2) is 0 Å². The van der Waals surface area contributed by atoms with Crippen molar-refractivity contribution in [2.45, 2.75) is 19.9 Å². The molecule has 0 aromatic carbocycles. The van der Waals surface area contributed by atoms with Gasteiger partial charge in [0.1, 0.15) is 0 Å². The molecule has 0 saturated heterocycles. The number of nitrogens with two attached hydrogens (primary N) is 1. The Morgan fingerprint density at radius 2 is 2.16 bits per heavy atom. The summed E-state index contributed by atoms with van der Waals surface area (Å²) < 4.78 is 12.6. The van der Waals surface area contributed by atoms with Crippen LogP contribution in [0.3, 0.4) is 0 Å². The van der Waals surface area contributed by atoms with Gasteiger partial charge in [-0.2, -0.15) is 5.10 Å². The molecule has 0 bridgehead atoms. The first-order chi connectivity index (χ1) is 9.06. The Labute approximate surface area is 115 Å². The number of ether oxygens (including phenoxy) is 2. The molecule has 19 heavy (non-hydrogen) atoms. The van der Waals surface area contributed by atoms with E-state index in [9.17, 15) is 0 Å². The monoisotopic (exact) mass is 270 g/mol. The second-order valence-corrected chi connectivity index (χ2v) is 4.56. The third-order valence-electron chi connectivity index (χ3n) is 3.29. The maximum Gasteiger partial charge on any atom is 0.216 e. The molecule has 1 heterocycles. The minimum atomic E-state index is 0.0871. The van der Waals surface area contributed by atoms with Crippen molar-refractivity contribution in [3.8, 4) is 5.88 Å². The zero-order chi connectivity index (χ0) is 14.4. The standard InChI is InChI=1S/C13H26N4O2/c1-6-19-8-7-16(3)11(9-14)12-10(2)15-17(4)13(12)18-5/h11H,6-9,14H2,1-5H3. The molecule has 0 amide bonds. The van der Waals surface area contributed by atoms with Crippen LogP contribution in [-0.4, -0.2) is 55.1 Å². The van der Waals surface area contributed by atoms with Gasteiger partial charge in [-0.25, -0.2) is 4.68 Å². The quantitative estimate of drug-likeness (QED) is 0.705. The topological polar surface area (TPSA) is 65.5 Å². The fourth-order valence-corrected chi connectivity index (χ4v) is 2.31. The molecule has 1 aromatic rings. The molecule has 6 nitrogen and oxygen atoms in total. The van der Waals surface area contributed by atoms with Crippen molar-refractivity contribution in [3.63, 3.8) is 0 Å².